The molecule has 3 N–H and O–H groups in total. The van der Waals surface area contributed by atoms with Crippen LogP contribution in [0, 0.1) is 0 Å². The predicted molar refractivity (Wildman–Crippen MR) is 66.5 cm³/mol. The summed E-state index contributed by atoms with van der Waals surface area (Å²) in [5.74, 6) is 0.883. The zero-order valence-electron chi connectivity index (χ0n) is 8.74. The van der Waals surface area contributed by atoms with Crippen LogP contribution in [0.3, 0.4) is 0 Å². The first-order valence-electron chi connectivity index (χ1n) is 4.94. The molecule has 2 nitrogen and oxygen atoms in total. The molecule has 15 heavy (non-hydrogen) atoms. The third-order valence-corrected chi connectivity index (χ3v) is 3.63. The minimum atomic E-state index is 0.0130. The van der Waals surface area contributed by atoms with Gasteiger partial charge >= 0.3 is 0 Å². The van der Waals surface area contributed by atoms with Gasteiger partial charge < -0.3 is 10.8 Å². The molecule has 1 aromatic rings. The van der Waals surface area contributed by atoms with Gasteiger partial charge in [-0.25, -0.2) is 0 Å². The number of aliphatic hydroxyl groups excluding tert-OH is 1. The zero-order chi connectivity index (χ0) is 11.3. The van der Waals surface area contributed by atoms with Crippen LogP contribution < -0.4 is 5.73 Å². The highest BCUT2D eigenvalue weighted by atomic mass is 35.5. The van der Waals surface area contributed by atoms with Gasteiger partial charge in [0, 0.05) is 23.3 Å². The van der Waals surface area contributed by atoms with Crippen LogP contribution in [-0.2, 0) is 0 Å². The van der Waals surface area contributed by atoms with Gasteiger partial charge in [0.25, 0.3) is 0 Å². The number of aliphatic hydroxyl groups is 1. The molecular weight excluding hydrogens is 230 g/mol. The quantitative estimate of drug-likeness (QED) is 0.620. The Morgan fingerprint density at radius 2 is 2.27 bits per heavy atom. The second-order valence-corrected chi connectivity index (χ2v) is 4.95. The molecule has 4 heteroatoms. The number of thioether (sulfide) groups is 1. The normalized spacial score (nSPS) is 12.8. The Kier molecular flexibility index (Phi) is 5.47. The Labute approximate surface area is 99.8 Å². The summed E-state index contributed by atoms with van der Waals surface area (Å²) >= 11 is 7.77. The fraction of sp³-hybridized carbons (Fsp3) is 0.455. The smallest absolute Gasteiger partial charge is 0.0545 e. The van der Waals surface area contributed by atoms with Crippen LogP contribution in [0.25, 0.3) is 0 Å². The van der Waals surface area contributed by atoms with E-state index in [4.69, 9.17) is 22.4 Å². The highest BCUT2D eigenvalue weighted by Crippen LogP contribution is 2.29. The molecule has 0 fully saturated rings. The van der Waals surface area contributed by atoms with Crippen molar-refractivity contribution >= 4 is 23.4 Å². The molecule has 0 amide bonds. The van der Waals surface area contributed by atoms with E-state index in [-0.39, 0.29) is 12.6 Å². The Morgan fingerprint density at radius 1 is 1.53 bits per heavy atom. The molecule has 0 aliphatic carbocycles. The van der Waals surface area contributed by atoms with E-state index in [1.165, 1.54) is 0 Å². The van der Waals surface area contributed by atoms with Gasteiger partial charge in [0.15, 0.2) is 0 Å². The molecule has 1 rings (SSSR count). The molecule has 1 aromatic carbocycles. The number of hydrogen-bond donors (Lipinski definition) is 2. The van der Waals surface area contributed by atoms with Crippen LogP contribution in [0.5, 0.6) is 0 Å². The molecule has 0 saturated carbocycles. The standard InChI is InChI=1S/C11H16ClNOS/c1-8(13)9-3-4-11(10(12)7-9)15-6-2-5-14/h3-4,7-8,14H,2,5-6,13H2,1H3/t8-/m0/s1. The molecule has 0 aromatic heterocycles. The third kappa shape index (κ3) is 4.03. The Hall–Kier alpha value is -0.220. The van der Waals surface area contributed by atoms with E-state index in [0.29, 0.717) is 0 Å². The lowest BCUT2D eigenvalue weighted by Gasteiger charge is -2.09. The maximum Gasteiger partial charge on any atom is 0.0545 e. The second-order valence-electron chi connectivity index (χ2n) is 3.40. The molecule has 0 radical (unpaired) electrons. The first-order valence-corrected chi connectivity index (χ1v) is 6.30. The average Bonchev–Trinajstić information content (AvgIpc) is 2.20. The number of nitrogens with two attached hydrogens (primary N) is 1. The van der Waals surface area contributed by atoms with Gasteiger partial charge in [0.1, 0.15) is 0 Å². The van der Waals surface area contributed by atoms with E-state index >= 15 is 0 Å². The van der Waals surface area contributed by atoms with Gasteiger partial charge in [-0.2, -0.15) is 0 Å². The van der Waals surface area contributed by atoms with E-state index in [9.17, 15) is 0 Å². The lowest BCUT2D eigenvalue weighted by atomic mass is 10.1. The molecule has 1 atom stereocenters. The highest BCUT2D eigenvalue weighted by Gasteiger charge is 2.04. The van der Waals surface area contributed by atoms with Crippen LogP contribution in [0.2, 0.25) is 5.02 Å². The van der Waals surface area contributed by atoms with Gasteiger partial charge in [-0.3, -0.25) is 0 Å². The third-order valence-electron chi connectivity index (χ3n) is 2.04. The van der Waals surface area contributed by atoms with Crippen LogP contribution in [0.15, 0.2) is 23.1 Å². The van der Waals surface area contributed by atoms with Crippen LogP contribution in [0.1, 0.15) is 24.9 Å². The molecule has 0 spiro atoms. The largest absolute Gasteiger partial charge is 0.396 e. The van der Waals surface area contributed by atoms with E-state index < -0.39 is 0 Å². The molecule has 84 valence electrons. The molecule has 0 unspecified atom stereocenters. The minimum Gasteiger partial charge on any atom is -0.396 e. The Bertz CT molecular complexity index is 317. The van der Waals surface area contributed by atoms with Crippen LogP contribution in [-0.4, -0.2) is 17.5 Å². The van der Waals surface area contributed by atoms with Crippen molar-refractivity contribution in [2.24, 2.45) is 5.73 Å². The number of hydrogen-bond acceptors (Lipinski definition) is 3. The van der Waals surface area contributed by atoms with Crippen molar-refractivity contribution in [2.45, 2.75) is 24.3 Å². The Morgan fingerprint density at radius 3 is 2.80 bits per heavy atom. The SMILES string of the molecule is C[C@H](N)c1ccc(SCCCO)c(Cl)c1. The monoisotopic (exact) mass is 245 g/mol. The van der Waals surface area contributed by atoms with Gasteiger partial charge in [0.2, 0.25) is 0 Å². The molecule has 0 aliphatic heterocycles. The second kappa shape index (κ2) is 6.38. The highest BCUT2D eigenvalue weighted by molar-refractivity contribution is 7.99. The van der Waals surface area contributed by atoms with E-state index in [2.05, 4.69) is 0 Å². The van der Waals surface area contributed by atoms with Crippen molar-refractivity contribution in [2.75, 3.05) is 12.4 Å². The number of benzene rings is 1. The van der Waals surface area contributed by atoms with Crippen molar-refractivity contribution in [1.29, 1.82) is 0 Å². The lowest BCUT2D eigenvalue weighted by Crippen LogP contribution is -2.04. The molecular formula is C11H16ClNOS. The van der Waals surface area contributed by atoms with Gasteiger partial charge in [-0.1, -0.05) is 17.7 Å². The van der Waals surface area contributed by atoms with Crippen molar-refractivity contribution in [3.63, 3.8) is 0 Å². The predicted octanol–water partition coefficient (Wildman–Crippen LogP) is 2.83. The van der Waals surface area contributed by atoms with Crippen molar-refractivity contribution < 1.29 is 5.11 Å². The van der Waals surface area contributed by atoms with Crippen molar-refractivity contribution in [3.05, 3.63) is 28.8 Å². The van der Waals surface area contributed by atoms with Crippen LogP contribution in [0.4, 0.5) is 0 Å². The van der Waals surface area contributed by atoms with Gasteiger partial charge in [-0.05, 0) is 31.0 Å². The first kappa shape index (κ1) is 12.8. The summed E-state index contributed by atoms with van der Waals surface area (Å²) < 4.78 is 0. The maximum atomic E-state index is 8.67. The fourth-order valence-corrected chi connectivity index (χ4v) is 2.37. The molecule has 0 bridgehead atoms. The summed E-state index contributed by atoms with van der Waals surface area (Å²) in [7, 11) is 0. The van der Waals surface area contributed by atoms with Gasteiger partial charge in [0.05, 0.1) is 5.02 Å². The van der Waals surface area contributed by atoms with E-state index in [1.54, 1.807) is 11.8 Å². The summed E-state index contributed by atoms with van der Waals surface area (Å²) in [5.41, 5.74) is 6.80. The minimum absolute atomic E-state index is 0.0130. The Balaban J connectivity index is 2.66. The fourth-order valence-electron chi connectivity index (χ4n) is 1.16. The summed E-state index contributed by atoms with van der Waals surface area (Å²) in [6.45, 7) is 2.16. The molecule has 0 heterocycles. The average molecular weight is 246 g/mol. The van der Waals surface area contributed by atoms with Crippen molar-refractivity contribution in [1.82, 2.24) is 0 Å². The first-order chi connectivity index (χ1) is 7.15. The number of halogens is 1. The van der Waals surface area contributed by atoms with E-state index in [1.807, 2.05) is 25.1 Å². The number of rotatable bonds is 5. The summed E-state index contributed by atoms with van der Waals surface area (Å²) in [6, 6.07) is 5.91. The van der Waals surface area contributed by atoms with Crippen molar-refractivity contribution in [3.8, 4) is 0 Å². The molecule has 0 aliphatic rings. The van der Waals surface area contributed by atoms with E-state index in [0.717, 1.165) is 27.7 Å². The molecule has 0 saturated heterocycles. The topological polar surface area (TPSA) is 46.2 Å². The maximum absolute atomic E-state index is 8.67. The lowest BCUT2D eigenvalue weighted by molar-refractivity contribution is 0.296. The summed E-state index contributed by atoms with van der Waals surface area (Å²) in [6.07, 6.45) is 0.788. The van der Waals surface area contributed by atoms with Crippen LogP contribution >= 0.6 is 23.4 Å². The summed E-state index contributed by atoms with van der Waals surface area (Å²) in [5, 5.41) is 9.41. The zero-order valence-corrected chi connectivity index (χ0v) is 10.3. The summed E-state index contributed by atoms with van der Waals surface area (Å²) in [4.78, 5) is 1.05. The van der Waals surface area contributed by atoms with Gasteiger partial charge in [-0.15, -0.1) is 11.8 Å².